The largest absolute Gasteiger partial charge is 0.490 e. The Morgan fingerprint density at radius 1 is 0.897 bits per heavy atom. The van der Waals surface area contributed by atoms with E-state index in [0.29, 0.717) is 31.2 Å². The number of carbonyl (C=O) groups is 1. The second-order valence-electron chi connectivity index (χ2n) is 6.69. The summed E-state index contributed by atoms with van der Waals surface area (Å²) in [6.45, 7) is 3.56. The molecule has 0 N–H and O–H groups in total. The highest BCUT2D eigenvalue weighted by molar-refractivity contribution is 7.88. The number of amides is 1. The molecule has 0 aliphatic carbocycles. The predicted octanol–water partition coefficient (Wildman–Crippen LogP) is 2.14. The lowest BCUT2D eigenvalue weighted by Gasteiger charge is -2.34. The van der Waals surface area contributed by atoms with Crippen molar-refractivity contribution in [3.8, 4) is 11.5 Å². The molecule has 1 heterocycles. The van der Waals surface area contributed by atoms with E-state index in [1.807, 2.05) is 37.3 Å². The van der Waals surface area contributed by atoms with Crippen molar-refractivity contribution in [1.82, 2.24) is 9.21 Å². The van der Waals surface area contributed by atoms with Crippen molar-refractivity contribution in [2.24, 2.45) is 0 Å². The van der Waals surface area contributed by atoms with Crippen LogP contribution in [0.5, 0.6) is 11.5 Å². The maximum absolute atomic E-state index is 12.6. The molecule has 3 rings (SSSR count). The van der Waals surface area contributed by atoms with Crippen LogP contribution in [0.3, 0.4) is 0 Å². The summed E-state index contributed by atoms with van der Waals surface area (Å²) in [6.07, 6.45) is 0. The number of benzene rings is 2. The molecule has 1 saturated heterocycles. The first kappa shape index (κ1) is 21.1. The molecule has 1 aliphatic heterocycles. The molecule has 2 aromatic rings. The summed E-state index contributed by atoms with van der Waals surface area (Å²) >= 11 is 0. The van der Waals surface area contributed by atoms with E-state index >= 15 is 0 Å². The Bertz CT molecular complexity index is 910. The molecule has 8 heteroatoms. The number of rotatable bonds is 8. The number of hydrogen-bond donors (Lipinski definition) is 0. The molecule has 2 aromatic carbocycles. The highest BCUT2D eigenvalue weighted by Gasteiger charge is 2.29. The number of piperazine rings is 1. The third-order valence-corrected chi connectivity index (χ3v) is 6.53. The van der Waals surface area contributed by atoms with Crippen LogP contribution in [0.1, 0.15) is 12.5 Å². The zero-order valence-electron chi connectivity index (χ0n) is 16.5. The molecule has 1 amide bonds. The average molecular weight is 419 g/mol. The Hall–Kier alpha value is -2.58. The van der Waals surface area contributed by atoms with Gasteiger partial charge in [0.05, 0.1) is 12.4 Å². The van der Waals surface area contributed by atoms with Gasteiger partial charge in [0.1, 0.15) is 0 Å². The average Bonchev–Trinajstić information content (AvgIpc) is 2.73. The standard InChI is InChI=1S/C21H26N2O5S/c1-2-27-19-10-6-7-11-20(19)28-16-21(24)22-12-14-23(15-13-22)29(25,26)17-18-8-4-3-5-9-18/h3-11H,2,12-17H2,1H3. The van der Waals surface area contributed by atoms with E-state index in [-0.39, 0.29) is 31.4 Å². The molecule has 0 atom stereocenters. The van der Waals surface area contributed by atoms with E-state index in [4.69, 9.17) is 9.47 Å². The summed E-state index contributed by atoms with van der Waals surface area (Å²) in [5.41, 5.74) is 0.757. The van der Waals surface area contributed by atoms with E-state index < -0.39 is 10.0 Å². The van der Waals surface area contributed by atoms with E-state index in [9.17, 15) is 13.2 Å². The van der Waals surface area contributed by atoms with Crippen LogP contribution >= 0.6 is 0 Å². The first-order valence-electron chi connectivity index (χ1n) is 9.64. The van der Waals surface area contributed by atoms with E-state index in [1.165, 1.54) is 4.31 Å². The fourth-order valence-corrected chi connectivity index (χ4v) is 4.68. The number of nitrogens with zero attached hydrogens (tertiary/aromatic N) is 2. The molecular formula is C21H26N2O5S. The lowest BCUT2D eigenvalue weighted by Crippen LogP contribution is -2.51. The van der Waals surface area contributed by atoms with E-state index in [0.717, 1.165) is 5.56 Å². The zero-order chi connectivity index (χ0) is 20.7. The highest BCUT2D eigenvalue weighted by atomic mass is 32.2. The summed E-state index contributed by atoms with van der Waals surface area (Å²) in [7, 11) is -3.41. The Kier molecular flexibility index (Phi) is 7.11. The Morgan fingerprint density at radius 2 is 1.48 bits per heavy atom. The van der Waals surface area contributed by atoms with Gasteiger partial charge in [0.25, 0.3) is 5.91 Å². The van der Waals surface area contributed by atoms with Crippen LogP contribution in [0, 0.1) is 0 Å². The van der Waals surface area contributed by atoms with Crippen molar-refractivity contribution in [3.05, 3.63) is 60.2 Å². The van der Waals surface area contributed by atoms with Crippen molar-refractivity contribution in [2.45, 2.75) is 12.7 Å². The molecule has 0 aromatic heterocycles. The maximum Gasteiger partial charge on any atom is 0.260 e. The van der Waals surface area contributed by atoms with Crippen LogP contribution in [-0.2, 0) is 20.6 Å². The molecule has 1 fully saturated rings. The van der Waals surface area contributed by atoms with Gasteiger partial charge in [0.2, 0.25) is 10.0 Å². The number of carbonyl (C=O) groups excluding carboxylic acids is 1. The van der Waals surface area contributed by atoms with Gasteiger partial charge >= 0.3 is 0 Å². The van der Waals surface area contributed by atoms with Crippen molar-refractivity contribution in [3.63, 3.8) is 0 Å². The first-order valence-corrected chi connectivity index (χ1v) is 11.2. The van der Waals surface area contributed by atoms with E-state index in [1.54, 1.807) is 29.2 Å². The second kappa shape index (κ2) is 9.76. The number of hydrogen-bond acceptors (Lipinski definition) is 5. The van der Waals surface area contributed by atoms with Crippen molar-refractivity contribution in [2.75, 3.05) is 39.4 Å². The summed E-state index contributed by atoms with van der Waals surface area (Å²) in [5.74, 6) is 0.918. The molecule has 29 heavy (non-hydrogen) atoms. The normalized spacial score (nSPS) is 15.1. The van der Waals surface area contributed by atoms with Gasteiger partial charge in [-0.2, -0.15) is 4.31 Å². The van der Waals surface area contributed by atoms with Crippen LogP contribution in [-0.4, -0.2) is 62.9 Å². The lowest BCUT2D eigenvalue weighted by atomic mass is 10.2. The Balaban J connectivity index is 1.51. The number of para-hydroxylation sites is 2. The minimum absolute atomic E-state index is 0.0287. The predicted molar refractivity (Wildman–Crippen MR) is 110 cm³/mol. The molecule has 0 spiro atoms. The van der Waals surface area contributed by atoms with Crippen molar-refractivity contribution < 1.29 is 22.7 Å². The summed E-state index contributed by atoms with van der Waals surface area (Å²) in [6, 6.07) is 16.3. The summed E-state index contributed by atoms with van der Waals surface area (Å²) in [5, 5.41) is 0. The Morgan fingerprint density at radius 3 is 2.10 bits per heavy atom. The molecule has 0 unspecified atom stereocenters. The first-order chi connectivity index (χ1) is 14.0. The van der Waals surface area contributed by atoms with Crippen LogP contribution < -0.4 is 9.47 Å². The third-order valence-electron chi connectivity index (χ3n) is 4.68. The zero-order valence-corrected chi connectivity index (χ0v) is 17.3. The minimum atomic E-state index is -3.41. The van der Waals surface area contributed by atoms with Gasteiger partial charge < -0.3 is 14.4 Å². The van der Waals surface area contributed by atoms with Crippen LogP contribution in [0.2, 0.25) is 0 Å². The van der Waals surface area contributed by atoms with Gasteiger partial charge in [0.15, 0.2) is 18.1 Å². The van der Waals surface area contributed by atoms with Crippen LogP contribution in [0.15, 0.2) is 54.6 Å². The highest BCUT2D eigenvalue weighted by Crippen LogP contribution is 2.26. The smallest absolute Gasteiger partial charge is 0.260 e. The fraction of sp³-hybridized carbons (Fsp3) is 0.381. The number of sulfonamides is 1. The van der Waals surface area contributed by atoms with Gasteiger partial charge in [-0.1, -0.05) is 42.5 Å². The van der Waals surface area contributed by atoms with Crippen LogP contribution in [0.4, 0.5) is 0 Å². The molecule has 1 aliphatic rings. The third kappa shape index (κ3) is 5.71. The van der Waals surface area contributed by atoms with Crippen molar-refractivity contribution in [1.29, 1.82) is 0 Å². The van der Waals surface area contributed by atoms with Crippen LogP contribution in [0.25, 0.3) is 0 Å². The Labute approximate surface area is 171 Å². The SMILES string of the molecule is CCOc1ccccc1OCC(=O)N1CCN(S(=O)(=O)Cc2ccccc2)CC1. The topological polar surface area (TPSA) is 76.2 Å². The van der Waals surface area contributed by atoms with Gasteiger partial charge in [-0.15, -0.1) is 0 Å². The van der Waals surface area contributed by atoms with Crippen molar-refractivity contribution >= 4 is 15.9 Å². The molecular weight excluding hydrogens is 392 g/mol. The monoisotopic (exact) mass is 418 g/mol. The molecule has 156 valence electrons. The maximum atomic E-state index is 12.6. The molecule has 0 bridgehead atoms. The lowest BCUT2D eigenvalue weighted by molar-refractivity contribution is -0.134. The van der Waals surface area contributed by atoms with Gasteiger partial charge in [-0.05, 0) is 24.6 Å². The second-order valence-corrected chi connectivity index (χ2v) is 8.66. The number of ether oxygens (including phenoxy) is 2. The quantitative estimate of drug-likeness (QED) is 0.657. The summed E-state index contributed by atoms with van der Waals surface area (Å²) < 4.78 is 37.8. The molecule has 7 nitrogen and oxygen atoms in total. The molecule has 0 radical (unpaired) electrons. The molecule has 0 saturated carbocycles. The minimum Gasteiger partial charge on any atom is -0.490 e. The van der Waals surface area contributed by atoms with Gasteiger partial charge in [0, 0.05) is 26.2 Å². The van der Waals surface area contributed by atoms with Gasteiger partial charge in [-0.3, -0.25) is 4.79 Å². The van der Waals surface area contributed by atoms with Gasteiger partial charge in [-0.25, -0.2) is 8.42 Å². The van der Waals surface area contributed by atoms with E-state index in [2.05, 4.69) is 0 Å². The fourth-order valence-electron chi connectivity index (χ4n) is 3.17. The summed E-state index contributed by atoms with van der Waals surface area (Å²) in [4.78, 5) is 14.1.